The molecule has 1 aromatic rings. The fraction of sp³-hybridized carbons (Fsp3) is 0.571. The summed E-state index contributed by atoms with van der Waals surface area (Å²) in [5.74, 6) is -2.17. The van der Waals surface area contributed by atoms with E-state index >= 15 is 0 Å². The number of amides is 1. The van der Waals surface area contributed by atoms with Crippen LogP contribution in [0, 0.1) is 0 Å². The Hall–Kier alpha value is -2.38. The SMILES string of the molecule is CC(C)(C)OC(=O)CCC(=O)N[C@@H](Cc1cnc[nH]1)C(=O)O. The molecule has 0 saturated heterocycles. The summed E-state index contributed by atoms with van der Waals surface area (Å²) < 4.78 is 5.08. The highest BCUT2D eigenvalue weighted by molar-refractivity contribution is 5.85. The molecule has 0 spiro atoms. The summed E-state index contributed by atoms with van der Waals surface area (Å²) in [4.78, 5) is 41.0. The van der Waals surface area contributed by atoms with E-state index in [1.165, 1.54) is 12.5 Å². The van der Waals surface area contributed by atoms with Gasteiger partial charge in [0, 0.05) is 24.7 Å². The molecule has 1 aromatic heterocycles. The Kier molecular flexibility index (Phi) is 6.09. The van der Waals surface area contributed by atoms with Gasteiger partial charge in [-0.2, -0.15) is 0 Å². The molecule has 1 rings (SSSR count). The Labute approximate surface area is 128 Å². The summed E-state index contributed by atoms with van der Waals surface area (Å²) in [5.41, 5.74) is -0.0162. The monoisotopic (exact) mass is 311 g/mol. The molecule has 1 atom stereocenters. The molecule has 1 heterocycles. The molecule has 0 aliphatic rings. The smallest absolute Gasteiger partial charge is 0.326 e. The van der Waals surface area contributed by atoms with E-state index in [1.54, 1.807) is 20.8 Å². The Balaban J connectivity index is 2.44. The van der Waals surface area contributed by atoms with Crippen molar-refractivity contribution in [2.24, 2.45) is 0 Å². The quantitative estimate of drug-likeness (QED) is 0.635. The van der Waals surface area contributed by atoms with Crippen LogP contribution in [-0.2, 0) is 25.5 Å². The molecule has 1 amide bonds. The van der Waals surface area contributed by atoms with E-state index in [2.05, 4.69) is 15.3 Å². The van der Waals surface area contributed by atoms with Crippen LogP contribution in [0.5, 0.6) is 0 Å². The lowest BCUT2D eigenvalue weighted by molar-refractivity contribution is -0.155. The number of carbonyl (C=O) groups excluding carboxylic acids is 2. The van der Waals surface area contributed by atoms with Gasteiger partial charge in [-0.3, -0.25) is 9.59 Å². The minimum Gasteiger partial charge on any atom is -0.480 e. The van der Waals surface area contributed by atoms with E-state index < -0.39 is 29.5 Å². The number of imidazole rings is 1. The fourth-order valence-electron chi connectivity index (χ4n) is 1.69. The van der Waals surface area contributed by atoms with E-state index in [4.69, 9.17) is 9.84 Å². The predicted octanol–water partition coefficient (Wildman–Crippen LogP) is 0.643. The van der Waals surface area contributed by atoms with Gasteiger partial charge in [0.1, 0.15) is 11.6 Å². The predicted molar refractivity (Wildman–Crippen MR) is 76.9 cm³/mol. The van der Waals surface area contributed by atoms with E-state index in [1.807, 2.05) is 0 Å². The molecule has 8 heteroatoms. The molecule has 0 bridgehead atoms. The van der Waals surface area contributed by atoms with Gasteiger partial charge in [-0.05, 0) is 20.8 Å². The average Bonchev–Trinajstić information content (AvgIpc) is 2.86. The van der Waals surface area contributed by atoms with E-state index in [0.717, 1.165) is 0 Å². The number of hydrogen-bond acceptors (Lipinski definition) is 5. The summed E-state index contributed by atoms with van der Waals surface area (Å²) in [6.45, 7) is 5.20. The number of H-pyrrole nitrogens is 1. The van der Waals surface area contributed by atoms with Crippen molar-refractivity contribution in [3.63, 3.8) is 0 Å². The van der Waals surface area contributed by atoms with Gasteiger partial charge in [-0.1, -0.05) is 0 Å². The van der Waals surface area contributed by atoms with Crippen molar-refractivity contribution in [3.05, 3.63) is 18.2 Å². The number of aliphatic carboxylic acids is 1. The Morgan fingerprint density at radius 2 is 2.05 bits per heavy atom. The van der Waals surface area contributed by atoms with Gasteiger partial charge in [0.2, 0.25) is 5.91 Å². The molecular formula is C14H21N3O5. The topological polar surface area (TPSA) is 121 Å². The van der Waals surface area contributed by atoms with Crippen molar-refractivity contribution in [2.45, 2.75) is 51.7 Å². The first-order chi connectivity index (χ1) is 10.2. The standard InChI is InChI=1S/C14H21N3O5/c1-14(2,3)22-12(19)5-4-11(18)17-10(13(20)21)6-9-7-15-8-16-9/h7-8,10H,4-6H2,1-3H3,(H,15,16)(H,17,18)(H,20,21)/t10-/m0/s1. The van der Waals surface area contributed by atoms with E-state index in [9.17, 15) is 14.4 Å². The summed E-state index contributed by atoms with van der Waals surface area (Å²) in [6.07, 6.45) is 2.79. The van der Waals surface area contributed by atoms with Crippen molar-refractivity contribution < 1.29 is 24.2 Å². The first-order valence-electron chi connectivity index (χ1n) is 6.88. The minimum atomic E-state index is -1.15. The highest BCUT2D eigenvalue weighted by Gasteiger charge is 2.22. The molecule has 22 heavy (non-hydrogen) atoms. The lowest BCUT2D eigenvalue weighted by atomic mass is 10.1. The second-order valence-electron chi connectivity index (χ2n) is 5.83. The van der Waals surface area contributed by atoms with E-state index in [0.29, 0.717) is 5.69 Å². The van der Waals surface area contributed by atoms with Crippen LogP contribution in [0.15, 0.2) is 12.5 Å². The maximum Gasteiger partial charge on any atom is 0.326 e. The summed E-state index contributed by atoms with van der Waals surface area (Å²) in [6, 6.07) is -1.08. The van der Waals surface area contributed by atoms with Crippen LogP contribution in [0.2, 0.25) is 0 Å². The van der Waals surface area contributed by atoms with Crippen molar-refractivity contribution in [1.29, 1.82) is 0 Å². The van der Waals surface area contributed by atoms with Crippen LogP contribution >= 0.6 is 0 Å². The first kappa shape index (κ1) is 17.7. The fourth-order valence-corrected chi connectivity index (χ4v) is 1.69. The van der Waals surface area contributed by atoms with Crippen molar-refractivity contribution in [3.8, 4) is 0 Å². The molecule has 0 saturated carbocycles. The van der Waals surface area contributed by atoms with Gasteiger partial charge >= 0.3 is 11.9 Å². The summed E-state index contributed by atoms with van der Waals surface area (Å²) >= 11 is 0. The van der Waals surface area contributed by atoms with Crippen LogP contribution in [-0.4, -0.2) is 44.6 Å². The first-order valence-corrected chi connectivity index (χ1v) is 6.88. The number of nitrogens with zero attached hydrogens (tertiary/aromatic N) is 1. The normalized spacial score (nSPS) is 12.5. The second-order valence-corrected chi connectivity index (χ2v) is 5.83. The number of carboxylic acid groups (broad SMARTS) is 1. The third-order valence-electron chi connectivity index (χ3n) is 2.59. The highest BCUT2D eigenvalue weighted by atomic mass is 16.6. The van der Waals surface area contributed by atoms with Crippen LogP contribution in [0.25, 0.3) is 0 Å². The largest absolute Gasteiger partial charge is 0.480 e. The molecule has 0 aromatic carbocycles. The minimum absolute atomic E-state index is 0.0908. The molecule has 122 valence electrons. The third-order valence-corrected chi connectivity index (χ3v) is 2.59. The number of hydrogen-bond donors (Lipinski definition) is 3. The second kappa shape index (κ2) is 7.58. The van der Waals surface area contributed by atoms with Crippen molar-refractivity contribution >= 4 is 17.8 Å². The Morgan fingerprint density at radius 1 is 1.36 bits per heavy atom. The number of esters is 1. The number of ether oxygens (including phenoxy) is 1. The van der Waals surface area contributed by atoms with Crippen LogP contribution in [0.1, 0.15) is 39.3 Å². The zero-order valence-electron chi connectivity index (χ0n) is 12.9. The van der Waals surface area contributed by atoms with Gasteiger partial charge in [0.05, 0.1) is 12.7 Å². The molecule has 0 radical (unpaired) electrons. The Bertz CT molecular complexity index is 519. The number of aromatic nitrogens is 2. The average molecular weight is 311 g/mol. The summed E-state index contributed by atoms with van der Waals surface area (Å²) in [5, 5.41) is 11.5. The van der Waals surface area contributed by atoms with Gasteiger partial charge in [0.15, 0.2) is 0 Å². The van der Waals surface area contributed by atoms with Crippen molar-refractivity contribution in [1.82, 2.24) is 15.3 Å². The molecule has 0 aliphatic heterocycles. The third kappa shape index (κ3) is 6.87. The van der Waals surface area contributed by atoms with Crippen LogP contribution in [0.4, 0.5) is 0 Å². The van der Waals surface area contributed by atoms with E-state index in [-0.39, 0.29) is 19.3 Å². The highest BCUT2D eigenvalue weighted by Crippen LogP contribution is 2.09. The van der Waals surface area contributed by atoms with Gasteiger partial charge in [-0.25, -0.2) is 9.78 Å². The van der Waals surface area contributed by atoms with Gasteiger partial charge < -0.3 is 20.1 Å². The lowest BCUT2D eigenvalue weighted by Gasteiger charge is -2.19. The maximum atomic E-state index is 11.7. The zero-order chi connectivity index (χ0) is 16.8. The number of rotatable bonds is 7. The maximum absolute atomic E-state index is 11.7. The molecule has 0 aliphatic carbocycles. The number of aromatic amines is 1. The Morgan fingerprint density at radius 3 is 2.55 bits per heavy atom. The van der Waals surface area contributed by atoms with Crippen LogP contribution in [0.3, 0.4) is 0 Å². The van der Waals surface area contributed by atoms with Gasteiger partial charge in [0.25, 0.3) is 0 Å². The molecular weight excluding hydrogens is 290 g/mol. The van der Waals surface area contributed by atoms with Crippen molar-refractivity contribution in [2.75, 3.05) is 0 Å². The zero-order valence-corrected chi connectivity index (χ0v) is 12.9. The van der Waals surface area contributed by atoms with Crippen LogP contribution < -0.4 is 5.32 Å². The molecule has 8 nitrogen and oxygen atoms in total. The van der Waals surface area contributed by atoms with Gasteiger partial charge in [-0.15, -0.1) is 0 Å². The molecule has 3 N–H and O–H groups in total. The number of nitrogens with one attached hydrogen (secondary N) is 2. The number of carboxylic acids is 1. The molecule has 0 fully saturated rings. The number of carbonyl (C=O) groups is 3. The lowest BCUT2D eigenvalue weighted by Crippen LogP contribution is -2.42. The summed E-state index contributed by atoms with van der Waals surface area (Å²) in [7, 11) is 0. The molecule has 0 unspecified atom stereocenters.